The maximum atomic E-state index is 12.4. The predicted molar refractivity (Wildman–Crippen MR) is 68.2 cm³/mol. The Bertz CT molecular complexity index is 468. The average molecular weight is 248 g/mol. The summed E-state index contributed by atoms with van der Waals surface area (Å²) in [5.74, 6) is 0.867. The van der Waals surface area contributed by atoms with Crippen LogP contribution >= 0.6 is 0 Å². The van der Waals surface area contributed by atoms with E-state index in [0.717, 1.165) is 37.4 Å². The first-order valence-corrected chi connectivity index (χ1v) is 6.66. The molecule has 1 aromatic rings. The third-order valence-corrected chi connectivity index (χ3v) is 4.15. The van der Waals surface area contributed by atoms with Crippen molar-refractivity contribution in [3.8, 4) is 0 Å². The van der Waals surface area contributed by atoms with E-state index in [4.69, 9.17) is 0 Å². The summed E-state index contributed by atoms with van der Waals surface area (Å²) >= 11 is 0. The Balaban J connectivity index is 1.70. The van der Waals surface area contributed by atoms with Gasteiger partial charge in [0.1, 0.15) is 6.54 Å². The first-order chi connectivity index (χ1) is 8.65. The summed E-state index contributed by atoms with van der Waals surface area (Å²) in [6.07, 6.45) is 1.14. The van der Waals surface area contributed by atoms with Gasteiger partial charge < -0.3 is 10.2 Å². The topological polar surface area (TPSA) is 50.2 Å². The second-order valence-corrected chi connectivity index (χ2v) is 5.45. The Morgan fingerprint density at radius 2 is 2.33 bits per heavy atom. The molecule has 0 aliphatic carbocycles. The minimum atomic E-state index is 0.206. The Morgan fingerprint density at radius 1 is 1.50 bits per heavy atom. The smallest absolute Gasteiger partial charge is 0.244 e. The molecule has 2 aliphatic rings. The number of aromatic nitrogens is 2. The summed E-state index contributed by atoms with van der Waals surface area (Å²) in [5.41, 5.74) is 2.03. The molecule has 3 rings (SSSR count). The first-order valence-electron chi connectivity index (χ1n) is 6.66. The summed E-state index contributed by atoms with van der Waals surface area (Å²) < 4.78 is 1.81. The molecular formula is C13H20N4O. The van der Waals surface area contributed by atoms with Crippen LogP contribution in [0, 0.1) is 19.8 Å². The number of nitrogens with one attached hydrogen (secondary N) is 1. The van der Waals surface area contributed by atoms with Crippen molar-refractivity contribution in [1.82, 2.24) is 20.0 Å². The van der Waals surface area contributed by atoms with Gasteiger partial charge in [-0.05, 0) is 32.3 Å². The van der Waals surface area contributed by atoms with E-state index in [-0.39, 0.29) is 5.91 Å². The Morgan fingerprint density at radius 3 is 3.06 bits per heavy atom. The quantitative estimate of drug-likeness (QED) is 0.820. The largest absolute Gasteiger partial charge is 0.336 e. The molecule has 5 heteroatoms. The van der Waals surface area contributed by atoms with Gasteiger partial charge in [-0.25, -0.2) is 0 Å². The Hall–Kier alpha value is -1.36. The van der Waals surface area contributed by atoms with Crippen molar-refractivity contribution in [2.24, 2.45) is 5.92 Å². The van der Waals surface area contributed by atoms with Gasteiger partial charge >= 0.3 is 0 Å². The number of rotatable bonds is 2. The third kappa shape index (κ3) is 1.92. The highest BCUT2D eigenvalue weighted by molar-refractivity contribution is 5.76. The maximum absolute atomic E-state index is 12.4. The molecule has 1 amide bonds. The molecular weight excluding hydrogens is 228 g/mol. The van der Waals surface area contributed by atoms with Crippen LogP contribution in [-0.2, 0) is 11.3 Å². The van der Waals surface area contributed by atoms with Crippen molar-refractivity contribution in [1.29, 1.82) is 0 Å². The molecule has 3 heterocycles. The highest BCUT2D eigenvalue weighted by atomic mass is 16.2. The van der Waals surface area contributed by atoms with Crippen LogP contribution in [0.5, 0.6) is 0 Å². The molecule has 0 radical (unpaired) electrons. The summed E-state index contributed by atoms with van der Waals surface area (Å²) in [6, 6.07) is 2.42. The van der Waals surface area contributed by atoms with Crippen LogP contribution in [0.1, 0.15) is 17.8 Å². The van der Waals surface area contributed by atoms with Gasteiger partial charge in [0.05, 0.1) is 5.69 Å². The number of nitrogens with zero attached hydrogens (tertiary/aromatic N) is 3. The van der Waals surface area contributed by atoms with Gasteiger partial charge in [0.15, 0.2) is 0 Å². The van der Waals surface area contributed by atoms with Crippen LogP contribution in [0.3, 0.4) is 0 Å². The van der Waals surface area contributed by atoms with Crippen LogP contribution in [-0.4, -0.2) is 46.3 Å². The molecule has 0 saturated carbocycles. The number of hydrogen-bond donors (Lipinski definition) is 1. The van der Waals surface area contributed by atoms with Crippen molar-refractivity contribution < 1.29 is 4.79 Å². The molecule has 5 nitrogen and oxygen atoms in total. The molecule has 98 valence electrons. The fourth-order valence-electron chi connectivity index (χ4n) is 3.21. The fourth-order valence-corrected chi connectivity index (χ4v) is 3.21. The van der Waals surface area contributed by atoms with Gasteiger partial charge in [-0.15, -0.1) is 0 Å². The van der Waals surface area contributed by atoms with Gasteiger partial charge in [0.2, 0.25) is 5.91 Å². The lowest BCUT2D eigenvalue weighted by atomic mass is 10.1. The zero-order chi connectivity index (χ0) is 12.7. The molecule has 2 atom stereocenters. The van der Waals surface area contributed by atoms with Crippen molar-refractivity contribution in [3.05, 3.63) is 17.5 Å². The highest BCUT2D eigenvalue weighted by Crippen LogP contribution is 2.27. The molecule has 18 heavy (non-hydrogen) atoms. The lowest BCUT2D eigenvalue weighted by molar-refractivity contribution is -0.132. The van der Waals surface area contributed by atoms with E-state index in [1.165, 1.54) is 0 Å². The van der Waals surface area contributed by atoms with Crippen molar-refractivity contribution in [3.63, 3.8) is 0 Å². The van der Waals surface area contributed by atoms with E-state index >= 15 is 0 Å². The molecule has 0 spiro atoms. The first kappa shape index (κ1) is 11.7. The van der Waals surface area contributed by atoms with Crippen LogP contribution < -0.4 is 5.32 Å². The van der Waals surface area contributed by atoms with Crippen molar-refractivity contribution in [2.75, 3.05) is 19.6 Å². The predicted octanol–water partition coefficient (Wildman–Crippen LogP) is 0.320. The lowest BCUT2D eigenvalue weighted by Gasteiger charge is -2.23. The number of likely N-dealkylation sites (tertiary alicyclic amines) is 1. The zero-order valence-electron chi connectivity index (χ0n) is 11.0. The minimum Gasteiger partial charge on any atom is -0.336 e. The number of aryl methyl sites for hydroxylation is 2. The highest BCUT2D eigenvalue weighted by Gasteiger charge is 2.39. The second kappa shape index (κ2) is 4.39. The van der Waals surface area contributed by atoms with Crippen LogP contribution in [0.2, 0.25) is 0 Å². The lowest BCUT2D eigenvalue weighted by Crippen LogP contribution is -2.41. The van der Waals surface area contributed by atoms with E-state index < -0.39 is 0 Å². The number of hydrogen-bond acceptors (Lipinski definition) is 3. The van der Waals surface area contributed by atoms with E-state index in [1.807, 2.05) is 29.5 Å². The fraction of sp³-hybridized carbons (Fsp3) is 0.692. The molecule has 1 N–H and O–H groups in total. The maximum Gasteiger partial charge on any atom is 0.244 e. The summed E-state index contributed by atoms with van der Waals surface area (Å²) in [6.45, 7) is 7.26. The van der Waals surface area contributed by atoms with Gasteiger partial charge in [-0.2, -0.15) is 5.10 Å². The standard InChI is InChI=1S/C13H20N4O/c1-9-5-10(2)17(15-9)8-13(18)16-4-3-11-6-14-7-12(11)16/h5,11-12,14H,3-4,6-8H2,1-2H3/t11-,12+/m1/s1. The molecule has 0 bridgehead atoms. The molecule has 2 fully saturated rings. The van der Waals surface area contributed by atoms with Gasteiger partial charge in [0.25, 0.3) is 0 Å². The number of fused-ring (bicyclic) bond motifs is 1. The third-order valence-electron chi connectivity index (χ3n) is 4.15. The van der Waals surface area contributed by atoms with E-state index in [2.05, 4.69) is 10.4 Å². The normalized spacial score (nSPS) is 26.7. The minimum absolute atomic E-state index is 0.206. The number of carbonyl (C=O) groups excluding carboxylic acids is 1. The van der Waals surface area contributed by atoms with Gasteiger partial charge in [-0.1, -0.05) is 0 Å². The second-order valence-electron chi connectivity index (χ2n) is 5.45. The summed E-state index contributed by atoms with van der Waals surface area (Å²) in [4.78, 5) is 14.4. The van der Waals surface area contributed by atoms with E-state index in [1.54, 1.807) is 0 Å². The Kier molecular flexibility index (Phi) is 2.86. The Labute approximate surface area is 107 Å². The van der Waals surface area contributed by atoms with Gasteiger partial charge in [0, 0.05) is 31.4 Å². The van der Waals surface area contributed by atoms with E-state index in [0.29, 0.717) is 18.5 Å². The van der Waals surface area contributed by atoms with Gasteiger partial charge in [-0.3, -0.25) is 9.48 Å². The van der Waals surface area contributed by atoms with E-state index in [9.17, 15) is 4.79 Å². The summed E-state index contributed by atoms with van der Waals surface area (Å²) in [7, 11) is 0. The molecule has 2 saturated heterocycles. The molecule has 0 unspecified atom stereocenters. The van der Waals surface area contributed by atoms with Crippen molar-refractivity contribution in [2.45, 2.75) is 32.9 Å². The number of carbonyl (C=O) groups is 1. The monoisotopic (exact) mass is 248 g/mol. The SMILES string of the molecule is Cc1cc(C)n(CC(=O)N2CC[C@@H]3CNC[C@@H]32)n1. The molecule has 0 aromatic carbocycles. The average Bonchev–Trinajstić information content (AvgIpc) is 2.94. The summed E-state index contributed by atoms with van der Waals surface area (Å²) in [5, 5.41) is 7.73. The van der Waals surface area contributed by atoms with Crippen molar-refractivity contribution >= 4 is 5.91 Å². The molecule has 1 aromatic heterocycles. The van der Waals surface area contributed by atoms with Crippen LogP contribution in [0.4, 0.5) is 0 Å². The number of amides is 1. The van der Waals surface area contributed by atoms with Crippen LogP contribution in [0.25, 0.3) is 0 Å². The molecule has 2 aliphatic heterocycles. The van der Waals surface area contributed by atoms with Crippen LogP contribution in [0.15, 0.2) is 6.07 Å². The zero-order valence-corrected chi connectivity index (χ0v) is 11.0.